The zero-order valence-electron chi connectivity index (χ0n) is 11.3. The van der Waals surface area contributed by atoms with Crippen LogP contribution in [0.4, 0.5) is 4.39 Å². The fraction of sp³-hybridized carbons (Fsp3) is 0.500. The van der Waals surface area contributed by atoms with Crippen LogP contribution in [0.1, 0.15) is 6.92 Å². The summed E-state index contributed by atoms with van der Waals surface area (Å²) in [4.78, 5) is -0.0421. The third kappa shape index (κ3) is 3.22. The summed E-state index contributed by atoms with van der Waals surface area (Å²) in [6, 6.07) is 3.55. The first kappa shape index (κ1) is 17.2. The molecule has 1 aromatic carbocycles. The molecular formula is C12H18ClFN2O3S. The number of rotatable bonds is 3. The Morgan fingerprint density at radius 1 is 1.45 bits per heavy atom. The molecule has 0 bridgehead atoms. The summed E-state index contributed by atoms with van der Waals surface area (Å²) in [6.07, 6.45) is 0. The van der Waals surface area contributed by atoms with E-state index in [1.54, 1.807) is 0 Å². The number of halogens is 2. The molecule has 2 rings (SSSR count). The van der Waals surface area contributed by atoms with Crippen LogP contribution in [0.5, 0.6) is 5.75 Å². The van der Waals surface area contributed by atoms with E-state index < -0.39 is 15.8 Å². The van der Waals surface area contributed by atoms with Crippen molar-refractivity contribution in [3.8, 4) is 5.75 Å². The Morgan fingerprint density at radius 3 is 2.70 bits per heavy atom. The second-order valence-corrected chi connectivity index (χ2v) is 6.36. The molecule has 8 heteroatoms. The van der Waals surface area contributed by atoms with E-state index in [1.807, 2.05) is 6.92 Å². The van der Waals surface area contributed by atoms with Crippen LogP contribution in [0.25, 0.3) is 0 Å². The Kier molecular flexibility index (Phi) is 5.76. The zero-order valence-corrected chi connectivity index (χ0v) is 12.9. The largest absolute Gasteiger partial charge is 0.494 e. The number of ether oxygens (including phenoxy) is 1. The van der Waals surface area contributed by atoms with Crippen molar-refractivity contribution in [2.45, 2.75) is 17.9 Å². The van der Waals surface area contributed by atoms with Crippen LogP contribution < -0.4 is 10.1 Å². The van der Waals surface area contributed by atoms with Gasteiger partial charge in [0.1, 0.15) is 0 Å². The Balaban J connectivity index is 0.00000200. The summed E-state index contributed by atoms with van der Waals surface area (Å²) in [5.74, 6) is -0.640. The molecule has 0 aliphatic carbocycles. The molecular weight excluding hydrogens is 307 g/mol. The quantitative estimate of drug-likeness (QED) is 0.909. The zero-order chi connectivity index (χ0) is 14.0. The maximum absolute atomic E-state index is 13.6. The van der Waals surface area contributed by atoms with Crippen LogP contribution in [0.3, 0.4) is 0 Å². The first-order valence-corrected chi connectivity index (χ1v) is 7.47. The molecule has 1 aromatic rings. The van der Waals surface area contributed by atoms with Crippen LogP contribution in [-0.4, -0.2) is 45.5 Å². The molecule has 1 N–H and O–H groups in total. The van der Waals surface area contributed by atoms with Crippen molar-refractivity contribution in [1.29, 1.82) is 0 Å². The molecule has 5 nitrogen and oxygen atoms in total. The second kappa shape index (κ2) is 6.71. The van der Waals surface area contributed by atoms with Crippen LogP contribution in [0.2, 0.25) is 0 Å². The molecule has 1 aliphatic rings. The monoisotopic (exact) mass is 324 g/mol. The molecule has 1 saturated heterocycles. The molecule has 1 heterocycles. The van der Waals surface area contributed by atoms with Gasteiger partial charge in [0.15, 0.2) is 11.6 Å². The summed E-state index contributed by atoms with van der Waals surface area (Å²) in [5, 5.41) is 3.12. The van der Waals surface area contributed by atoms with Gasteiger partial charge in [0.25, 0.3) is 0 Å². The maximum Gasteiger partial charge on any atom is 0.243 e. The Morgan fingerprint density at radius 2 is 2.15 bits per heavy atom. The summed E-state index contributed by atoms with van der Waals surface area (Å²) in [6.45, 7) is 3.40. The van der Waals surface area contributed by atoms with E-state index in [-0.39, 0.29) is 29.1 Å². The molecule has 0 amide bonds. The van der Waals surface area contributed by atoms with Gasteiger partial charge in [0.2, 0.25) is 10.0 Å². The minimum Gasteiger partial charge on any atom is -0.494 e. The number of nitrogens with zero attached hydrogens (tertiary/aromatic N) is 1. The Labute approximate surface area is 124 Å². The highest BCUT2D eigenvalue weighted by Crippen LogP contribution is 2.24. The van der Waals surface area contributed by atoms with Crippen molar-refractivity contribution in [3.63, 3.8) is 0 Å². The lowest BCUT2D eigenvalue weighted by Crippen LogP contribution is -2.52. The average Bonchev–Trinajstić information content (AvgIpc) is 2.39. The summed E-state index contributed by atoms with van der Waals surface area (Å²) in [5.41, 5.74) is 0. The van der Waals surface area contributed by atoms with E-state index in [1.165, 1.54) is 23.5 Å². The molecule has 1 atom stereocenters. The van der Waals surface area contributed by atoms with Crippen LogP contribution in [0.15, 0.2) is 23.1 Å². The Hall–Kier alpha value is -0.890. The lowest BCUT2D eigenvalue weighted by molar-refractivity contribution is 0.283. The van der Waals surface area contributed by atoms with Gasteiger partial charge in [-0.25, -0.2) is 12.8 Å². The topological polar surface area (TPSA) is 58.6 Å². The van der Waals surface area contributed by atoms with Crippen LogP contribution >= 0.6 is 12.4 Å². The lowest BCUT2D eigenvalue weighted by Gasteiger charge is -2.32. The molecule has 114 valence electrons. The normalized spacial score (nSPS) is 20.2. The van der Waals surface area contributed by atoms with Gasteiger partial charge in [-0.05, 0) is 25.1 Å². The molecule has 1 fully saturated rings. The van der Waals surface area contributed by atoms with Gasteiger partial charge >= 0.3 is 0 Å². The van der Waals surface area contributed by atoms with Crippen molar-refractivity contribution in [2.75, 3.05) is 26.7 Å². The van der Waals surface area contributed by atoms with Crippen molar-refractivity contribution < 1.29 is 17.5 Å². The fourth-order valence-electron chi connectivity index (χ4n) is 2.12. The van der Waals surface area contributed by atoms with Gasteiger partial charge in [0, 0.05) is 25.7 Å². The van der Waals surface area contributed by atoms with E-state index in [0.717, 1.165) is 6.07 Å². The molecule has 1 aliphatic heterocycles. The highest BCUT2D eigenvalue weighted by atomic mass is 35.5. The van der Waals surface area contributed by atoms with Crippen LogP contribution in [-0.2, 0) is 10.0 Å². The van der Waals surface area contributed by atoms with Gasteiger partial charge < -0.3 is 10.1 Å². The van der Waals surface area contributed by atoms with Crippen molar-refractivity contribution in [3.05, 3.63) is 24.0 Å². The number of hydrogen-bond donors (Lipinski definition) is 1. The molecule has 0 saturated carbocycles. The second-order valence-electron chi connectivity index (χ2n) is 4.47. The first-order valence-electron chi connectivity index (χ1n) is 6.03. The highest BCUT2D eigenvalue weighted by molar-refractivity contribution is 7.89. The van der Waals surface area contributed by atoms with E-state index in [2.05, 4.69) is 5.32 Å². The van der Waals surface area contributed by atoms with Gasteiger partial charge in [-0.2, -0.15) is 4.31 Å². The minimum absolute atomic E-state index is 0. The molecule has 0 unspecified atom stereocenters. The number of sulfonamides is 1. The number of nitrogens with one attached hydrogen (secondary N) is 1. The van der Waals surface area contributed by atoms with Gasteiger partial charge in [-0.3, -0.25) is 0 Å². The predicted molar refractivity (Wildman–Crippen MR) is 76.4 cm³/mol. The molecule has 20 heavy (non-hydrogen) atoms. The van der Waals surface area contributed by atoms with Crippen molar-refractivity contribution in [1.82, 2.24) is 9.62 Å². The van der Waals surface area contributed by atoms with E-state index in [4.69, 9.17) is 4.74 Å². The summed E-state index contributed by atoms with van der Waals surface area (Å²) < 4.78 is 44.7. The first-order chi connectivity index (χ1) is 8.96. The van der Waals surface area contributed by atoms with Crippen molar-refractivity contribution in [2.24, 2.45) is 0 Å². The SMILES string of the molecule is COc1ccc(S(=O)(=O)N2CCNC[C@@H]2C)cc1F.Cl. The average molecular weight is 325 g/mol. The minimum atomic E-state index is -3.66. The third-order valence-electron chi connectivity index (χ3n) is 3.17. The highest BCUT2D eigenvalue weighted by Gasteiger charge is 2.31. The maximum atomic E-state index is 13.6. The smallest absolute Gasteiger partial charge is 0.243 e. The van der Waals surface area contributed by atoms with E-state index in [9.17, 15) is 12.8 Å². The van der Waals surface area contributed by atoms with E-state index in [0.29, 0.717) is 19.6 Å². The van der Waals surface area contributed by atoms with Crippen molar-refractivity contribution >= 4 is 22.4 Å². The number of hydrogen-bond acceptors (Lipinski definition) is 4. The fourth-order valence-corrected chi connectivity index (χ4v) is 3.77. The molecule has 0 spiro atoms. The van der Waals surface area contributed by atoms with Gasteiger partial charge in [0.05, 0.1) is 12.0 Å². The molecule has 0 radical (unpaired) electrons. The molecule has 0 aromatic heterocycles. The van der Waals surface area contributed by atoms with Gasteiger partial charge in [-0.15, -0.1) is 12.4 Å². The van der Waals surface area contributed by atoms with Gasteiger partial charge in [-0.1, -0.05) is 0 Å². The van der Waals surface area contributed by atoms with E-state index >= 15 is 0 Å². The Bertz CT molecular complexity index is 568. The number of piperazine rings is 1. The summed E-state index contributed by atoms with van der Waals surface area (Å²) in [7, 11) is -2.32. The predicted octanol–water partition coefficient (Wildman–Crippen LogP) is 1.24. The standard InChI is InChI=1S/C12H17FN2O3S.ClH/c1-9-8-14-5-6-15(9)19(16,17)10-3-4-12(18-2)11(13)7-10;/h3-4,7,9,14H,5-6,8H2,1-2H3;1H/t9-;/m0./s1. The lowest BCUT2D eigenvalue weighted by atomic mass is 10.3. The summed E-state index contributed by atoms with van der Waals surface area (Å²) >= 11 is 0. The van der Waals surface area contributed by atoms with Crippen LogP contribution in [0, 0.1) is 5.82 Å². The third-order valence-corrected chi connectivity index (χ3v) is 5.18. The number of benzene rings is 1. The number of methoxy groups -OCH3 is 1.